The zero-order chi connectivity index (χ0) is 12.5. The molecule has 0 radical (unpaired) electrons. The van der Waals surface area contributed by atoms with Crippen LogP contribution in [0, 0.1) is 0 Å². The fourth-order valence-corrected chi connectivity index (χ4v) is 0. The van der Waals surface area contributed by atoms with Crippen molar-refractivity contribution in [2.24, 2.45) is 0 Å². The first kappa shape index (κ1) is 29.7. The molecule has 0 amide bonds. The third-order valence-corrected chi connectivity index (χ3v) is 0. The Morgan fingerprint density at radius 3 is 0.538 bits per heavy atom. The van der Waals surface area contributed by atoms with Crippen molar-refractivity contribution >= 4 is 34.4 Å². The van der Waals surface area contributed by atoms with Crippen LogP contribution in [-0.4, -0.2) is 34.4 Å². The van der Waals surface area contributed by atoms with E-state index >= 15 is 0 Å². The van der Waals surface area contributed by atoms with Gasteiger partial charge >= 0.3 is 97.8 Å². The molecule has 0 heterocycles. The van der Waals surface area contributed by atoms with Crippen LogP contribution in [0.2, 0.25) is 0 Å². The standard InChI is InChI=1S/4BH2.O4Si.4Zn/c;;;;1-5(2,3)4;;;;/h4*1H2;;;;;/q4*+1;-4;;;;. The van der Waals surface area contributed by atoms with Crippen LogP contribution in [-0.2, 0) is 72.5 Å². The van der Waals surface area contributed by atoms with Gasteiger partial charge in [-0.3, -0.25) is 0 Å². The largest absolute Gasteiger partial charge is 0.894 e. The molecule has 0 aliphatic rings. The van der Waals surface area contributed by atoms with Gasteiger partial charge in [-0.1, -0.05) is 0 Å². The Kier molecular flexibility index (Phi) is 83.1. The quantitative estimate of drug-likeness (QED) is 0.375. The zero-order valence-electron chi connectivity index (χ0n) is 8.96. The van der Waals surface area contributed by atoms with Gasteiger partial charge < -0.3 is 28.2 Å². The van der Waals surface area contributed by atoms with E-state index in [1.165, 1.54) is 72.5 Å². The molecule has 0 bridgehead atoms. The topological polar surface area (TPSA) is 92.2 Å². The molecule has 0 N–H and O–H groups in total. The molecule has 0 fully saturated rings. The van der Waals surface area contributed by atoms with Crippen LogP contribution in [0.25, 0.3) is 0 Å². The first-order valence-electron chi connectivity index (χ1n) is 3.64. The molecule has 56 valence electrons. The molecule has 0 atom stereocenters. The summed E-state index contributed by atoms with van der Waals surface area (Å²) in [6.07, 6.45) is 8.50. The van der Waals surface area contributed by atoms with Gasteiger partial charge in [0.05, 0.1) is 0 Å². The monoisotopic (exact) mass is 400 g/mol. The fourth-order valence-electron chi connectivity index (χ4n) is 0. The Hall–Kier alpha value is 2.81. The van der Waals surface area contributed by atoms with Crippen LogP contribution in [0.1, 0.15) is 0 Å². The maximum atomic E-state index is 8.58. The molecule has 0 aromatic rings. The Bertz CT molecular complexity index is 39.6. The second kappa shape index (κ2) is 36.4. The minimum atomic E-state index is -5.61. The SMILES string of the molecule is [BH2][Zn+].[BH2][Zn+].[BH2][Zn+].[BH2][Zn+].[O-][Si]([O-])([O-])[O-]. The summed E-state index contributed by atoms with van der Waals surface area (Å²) < 4.78 is 0. The minimum Gasteiger partial charge on any atom is -0.894 e. The molecule has 0 saturated carbocycles. The van der Waals surface area contributed by atoms with E-state index in [-0.39, 0.29) is 0 Å². The van der Waals surface area contributed by atoms with Gasteiger partial charge in [0.1, 0.15) is 0 Å². The summed E-state index contributed by atoms with van der Waals surface area (Å²) in [4.78, 5) is 34.3. The smallest absolute Gasteiger partial charge is 0.426 e. The van der Waals surface area contributed by atoms with Crippen LogP contribution < -0.4 is 19.2 Å². The van der Waals surface area contributed by atoms with E-state index in [9.17, 15) is 0 Å². The van der Waals surface area contributed by atoms with Crippen molar-refractivity contribution in [2.45, 2.75) is 0 Å². The number of hydrogen-bond donors (Lipinski definition) is 0. The molecule has 0 spiro atoms. The Morgan fingerprint density at radius 1 is 0.538 bits per heavy atom. The van der Waals surface area contributed by atoms with Crippen molar-refractivity contribution in [1.29, 1.82) is 0 Å². The average molecular weight is 405 g/mol. The maximum absolute atomic E-state index is 8.58. The van der Waals surface area contributed by atoms with E-state index in [0.717, 1.165) is 0 Å². The van der Waals surface area contributed by atoms with Gasteiger partial charge in [-0.2, -0.15) is 0 Å². The van der Waals surface area contributed by atoms with Gasteiger partial charge in [0.25, 0.3) is 0 Å². The molecule has 4 nitrogen and oxygen atoms in total. The van der Waals surface area contributed by atoms with Crippen LogP contribution in [0.5, 0.6) is 0 Å². The van der Waals surface area contributed by atoms with E-state index < -0.39 is 9.05 Å². The van der Waals surface area contributed by atoms with Gasteiger partial charge in [0.2, 0.25) is 0 Å². The molecule has 0 saturated heterocycles. The molecule has 13 heteroatoms. The molecular formula is H8B4O4SiZn4. The van der Waals surface area contributed by atoms with Crippen LogP contribution in [0.4, 0.5) is 0 Å². The number of hydrogen-bond acceptors (Lipinski definition) is 4. The van der Waals surface area contributed by atoms with Crippen LogP contribution >= 0.6 is 0 Å². The molecule has 0 aliphatic carbocycles. The Labute approximate surface area is 124 Å². The molecule has 0 aromatic heterocycles. The van der Waals surface area contributed by atoms with Crippen LogP contribution in [0.15, 0.2) is 0 Å². The van der Waals surface area contributed by atoms with Gasteiger partial charge in [-0.05, 0) is 0 Å². The second-order valence-corrected chi connectivity index (χ2v) is 1.50. The van der Waals surface area contributed by atoms with E-state index in [1.54, 1.807) is 0 Å². The van der Waals surface area contributed by atoms with Crippen molar-refractivity contribution in [1.82, 2.24) is 0 Å². The van der Waals surface area contributed by atoms with Gasteiger partial charge in [-0.15, -0.1) is 0 Å². The van der Waals surface area contributed by atoms with Crippen molar-refractivity contribution in [3.63, 3.8) is 0 Å². The summed E-state index contributed by atoms with van der Waals surface area (Å²) in [5.41, 5.74) is 0. The molecule has 13 heavy (non-hydrogen) atoms. The fraction of sp³-hybridized carbons (Fsp3) is 0. The normalized spacial score (nSPS) is 6.46. The maximum Gasteiger partial charge on any atom is -0.426 e. The molecule has 0 aliphatic heterocycles. The third-order valence-electron chi connectivity index (χ3n) is 0. The summed E-state index contributed by atoms with van der Waals surface area (Å²) in [6, 6.07) is 0. The van der Waals surface area contributed by atoms with Crippen molar-refractivity contribution in [3.8, 4) is 0 Å². The first-order valence-corrected chi connectivity index (χ1v) is 17.1. The van der Waals surface area contributed by atoms with Crippen molar-refractivity contribution in [3.05, 3.63) is 0 Å². The van der Waals surface area contributed by atoms with Gasteiger partial charge in [0, 0.05) is 0 Å². The summed E-state index contributed by atoms with van der Waals surface area (Å²) in [7, 11) is -5.61. The summed E-state index contributed by atoms with van der Waals surface area (Å²) in [5, 5.41) is 0. The summed E-state index contributed by atoms with van der Waals surface area (Å²) >= 11 is 5.50. The Morgan fingerprint density at radius 2 is 0.538 bits per heavy atom. The van der Waals surface area contributed by atoms with E-state index in [2.05, 4.69) is 25.3 Å². The van der Waals surface area contributed by atoms with E-state index in [4.69, 9.17) is 19.2 Å². The first-order chi connectivity index (χ1) is 6.00. The van der Waals surface area contributed by atoms with Crippen molar-refractivity contribution in [2.75, 3.05) is 0 Å². The zero-order valence-corrected chi connectivity index (χ0v) is 21.8. The number of rotatable bonds is 0. The van der Waals surface area contributed by atoms with Crippen LogP contribution in [0.3, 0.4) is 0 Å². The van der Waals surface area contributed by atoms with E-state index in [0.29, 0.717) is 0 Å². The summed E-state index contributed by atoms with van der Waals surface area (Å²) in [6.45, 7) is 0. The molecule has 0 aromatic carbocycles. The third kappa shape index (κ3) is 308. The second-order valence-electron chi connectivity index (χ2n) is 0.500. The average Bonchev–Trinajstić information content (AvgIpc) is 2.14. The van der Waals surface area contributed by atoms with E-state index in [1.807, 2.05) is 0 Å². The van der Waals surface area contributed by atoms with Gasteiger partial charge in [0.15, 0.2) is 0 Å². The van der Waals surface area contributed by atoms with Crippen molar-refractivity contribution < 1.29 is 91.6 Å². The predicted octanol–water partition coefficient (Wildman–Crippen LogP) is -8.81. The summed E-state index contributed by atoms with van der Waals surface area (Å²) in [5.74, 6) is 0. The molecular weight excluding hydrogens is 397 g/mol. The molecule has 0 rings (SSSR count). The predicted molar refractivity (Wildman–Crippen MR) is 39.9 cm³/mol. The Balaban J connectivity index is -0.0000000230. The van der Waals surface area contributed by atoms with Gasteiger partial charge in [-0.25, -0.2) is 0 Å². The minimum absolute atomic E-state index is 1.38. The molecule has 0 unspecified atom stereocenters.